The van der Waals surface area contributed by atoms with Crippen molar-refractivity contribution in [3.8, 4) is 5.75 Å². The van der Waals surface area contributed by atoms with E-state index in [1.54, 1.807) is 0 Å². The Kier molecular flexibility index (Phi) is 6.20. The molecule has 0 radical (unpaired) electrons. The molecule has 0 saturated carbocycles. The van der Waals surface area contributed by atoms with Crippen LogP contribution in [-0.4, -0.2) is 13.2 Å². The van der Waals surface area contributed by atoms with E-state index in [0.29, 0.717) is 0 Å². The van der Waals surface area contributed by atoms with Crippen LogP contribution in [0.3, 0.4) is 0 Å². The van der Waals surface area contributed by atoms with Crippen molar-refractivity contribution in [2.24, 2.45) is 5.73 Å². The van der Waals surface area contributed by atoms with E-state index in [1.807, 2.05) is 6.07 Å². The molecule has 0 heterocycles. The number of ether oxygens (including phenoxy) is 1. The van der Waals surface area contributed by atoms with Gasteiger partial charge in [0.15, 0.2) is 0 Å². The van der Waals surface area contributed by atoms with Crippen LogP contribution in [0.25, 0.3) is 0 Å². The van der Waals surface area contributed by atoms with Gasteiger partial charge in [-0.05, 0) is 42.5 Å². The third kappa shape index (κ3) is 5.54. The smallest absolute Gasteiger partial charge is 0.119 e. The summed E-state index contributed by atoms with van der Waals surface area (Å²) in [6.07, 6.45) is 4.65. The normalized spacial score (nSPS) is 11.6. The molecule has 0 saturated heterocycles. The molecule has 102 valence electrons. The Morgan fingerprint density at radius 1 is 1.06 bits per heavy atom. The first kappa shape index (κ1) is 15.0. The van der Waals surface area contributed by atoms with E-state index < -0.39 is 0 Å². The highest BCUT2D eigenvalue weighted by Gasteiger charge is 2.13. The van der Waals surface area contributed by atoms with Crippen LogP contribution in [0.1, 0.15) is 52.0 Å². The molecule has 0 aliphatic carbocycles. The fourth-order valence-electron chi connectivity index (χ4n) is 1.84. The van der Waals surface area contributed by atoms with Crippen molar-refractivity contribution in [2.75, 3.05) is 13.2 Å². The Morgan fingerprint density at radius 2 is 1.78 bits per heavy atom. The first-order valence-corrected chi connectivity index (χ1v) is 6.97. The van der Waals surface area contributed by atoms with Crippen LogP contribution < -0.4 is 10.5 Å². The Morgan fingerprint density at radius 3 is 2.44 bits per heavy atom. The highest BCUT2D eigenvalue weighted by molar-refractivity contribution is 5.32. The van der Waals surface area contributed by atoms with Crippen LogP contribution in [0.2, 0.25) is 0 Å². The molecule has 0 amide bonds. The van der Waals surface area contributed by atoms with Gasteiger partial charge in [0.25, 0.3) is 0 Å². The molecule has 0 fully saturated rings. The molecule has 0 aliphatic heterocycles. The summed E-state index contributed by atoms with van der Waals surface area (Å²) in [5, 5.41) is 0. The SMILES string of the molecule is CC(C)(C)c1cccc(OCCCCCCN)c1. The van der Waals surface area contributed by atoms with E-state index in [0.717, 1.165) is 31.7 Å². The van der Waals surface area contributed by atoms with Crippen LogP contribution >= 0.6 is 0 Å². The fourth-order valence-corrected chi connectivity index (χ4v) is 1.84. The van der Waals surface area contributed by atoms with Crippen molar-refractivity contribution in [3.05, 3.63) is 29.8 Å². The van der Waals surface area contributed by atoms with Crippen LogP contribution in [0.15, 0.2) is 24.3 Å². The van der Waals surface area contributed by atoms with Gasteiger partial charge in [0.1, 0.15) is 5.75 Å². The molecule has 0 aliphatic rings. The fraction of sp³-hybridized carbons (Fsp3) is 0.625. The van der Waals surface area contributed by atoms with E-state index >= 15 is 0 Å². The molecule has 2 nitrogen and oxygen atoms in total. The van der Waals surface area contributed by atoms with E-state index in [1.165, 1.54) is 18.4 Å². The van der Waals surface area contributed by atoms with Crippen molar-refractivity contribution in [2.45, 2.75) is 51.9 Å². The minimum Gasteiger partial charge on any atom is -0.494 e. The Balaban J connectivity index is 2.34. The van der Waals surface area contributed by atoms with Gasteiger partial charge < -0.3 is 10.5 Å². The van der Waals surface area contributed by atoms with Gasteiger partial charge in [-0.2, -0.15) is 0 Å². The highest BCUT2D eigenvalue weighted by Crippen LogP contribution is 2.25. The Hall–Kier alpha value is -1.02. The molecule has 0 bridgehead atoms. The lowest BCUT2D eigenvalue weighted by molar-refractivity contribution is 0.304. The molecule has 0 aromatic heterocycles. The van der Waals surface area contributed by atoms with Gasteiger partial charge in [0.05, 0.1) is 6.61 Å². The molecule has 2 N–H and O–H groups in total. The second-order valence-electron chi connectivity index (χ2n) is 5.83. The third-order valence-corrected chi connectivity index (χ3v) is 3.07. The second kappa shape index (κ2) is 7.42. The zero-order valence-electron chi connectivity index (χ0n) is 12.0. The number of nitrogens with two attached hydrogens (primary N) is 1. The minimum absolute atomic E-state index is 0.181. The average Bonchev–Trinajstić information content (AvgIpc) is 2.33. The van der Waals surface area contributed by atoms with Gasteiger partial charge >= 0.3 is 0 Å². The zero-order chi connectivity index (χ0) is 13.4. The summed E-state index contributed by atoms with van der Waals surface area (Å²) >= 11 is 0. The van der Waals surface area contributed by atoms with Crippen LogP contribution in [0.5, 0.6) is 5.75 Å². The van der Waals surface area contributed by atoms with Crippen molar-refractivity contribution >= 4 is 0 Å². The minimum atomic E-state index is 0.181. The molecule has 2 heteroatoms. The monoisotopic (exact) mass is 249 g/mol. The summed E-state index contributed by atoms with van der Waals surface area (Å²) in [6.45, 7) is 8.27. The predicted octanol–water partition coefficient (Wildman–Crippen LogP) is 3.88. The molecule has 0 spiro atoms. The molecule has 1 aromatic carbocycles. The quantitative estimate of drug-likeness (QED) is 0.744. The van der Waals surface area contributed by atoms with E-state index in [4.69, 9.17) is 10.5 Å². The summed E-state index contributed by atoms with van der Waals surface area (Å²) in [4.78, 5) is 0. The third-order valence-electron chi connectivity index (χ3n) is 3.07. The molecule has 1 rings (SSSR count). The van der Waals surface area contributed by atoms with Crippen molar-refractivity contribution in [3.63, 3.8) is 0 Å². The summed E-state index contributed by atoms with van der Waals surface area (Å²) in [6, 6.07) is 8.42. The molecule has 0 unspecified atom stereocenters. The van der Waals surface area contributed by atoms with Gasteiger partial charge in [-0.3, -0.25) is 0 Å². The Labute approximate surface area is 112 Å². The summed E-state index contributed by atoms with van der Waals surface area (Å²) < 4.78 is 5.79. The summed E-state index contributed by atoms with van der Waals surface area (Å²) in [5.41, 5.74) is 6.96. The highest BCUT2D eigenvalue weighted by atomic mass is 16.5. The van der Waals surface area contributed by atoms with E-state index in [9.17, 15) is 0 Å². The van der Waals surface area contributed by atoms with Gasteiger partial charge in [0, 0.05) is 0 Å². The summed E-state index contributed by atoms with van der Waals surface area (Å²) in [7, 11) is 0. The van der Waals surface area contributed by atoms with Crippen LogP contribution in [-0.2, 0) is 5.41 Å². The zero-order valence-corrected chi connectivity index (χ0v) is 12.0. The molecule has 18 heavy (non-hydrogen) atoms. The van der Waals surface area contributed by atoms with Crippen molar-refractivity contribution in [1.29, 1.82) is 0 Å². The van der Waals surface area contributed by atoms with Crippen LogP contribution in [0, 0.1) is 0 Å². The molecular formula is C16H27NO. The predicted molar refractivity (Wildman–Crippen MR) is 78.2 cm³/mol. The van der Waals surface area contributed by atoms with Crippen LogP contribution in [0.4, 0.5) is 0 Å². The van der Waals surface area contributed by atoms with Gasteiger partial charge in [-0.1, -0.05) is 45.7 Å². The largest absolute Gasteiger partial charge is 0.494 e. The summed E-state index contributed by atoms with van der Waals surface area (Å²) in [5.74, 6) is 0.987. The maximum absolute atomic E-state index is 5.79. The topological polar surface area (TPSA) is 35.2 Å². The molecule has 0 atom stereocenters. The number of unbranched alkanes of at least 4 members (excludes halogenated alkanes) is 3. The number of hydrogen-bond donors (Lipinski definition) is 1. The lowest BCUT2D eigenvalue weighted by Gasteiger charge is -2.19. The average molecular weight is 249 g/mol. The standard InChI is InChI=1S/C16H27NO/c1-16(2,3)14-9-8-10-15(13-14)18-12-7-5-4-6-11-17/h8-10,13H,4-7,11-12,17H2,1-3H3. The first-order chi connectivity index (χ1) is 8.54. The number of hydrogen-bond acceptors (Lipinski definition) is 2. The first-order valence-electron chi connectivity index (χ1n) is 6.97. The lowest BCUT2D eigenvalue weighted by atomic mass is 9.87. The van der Waals surface area contributed by atoms with Gasteiger partial charge in [0.2, 0.25) is 0 Å². The molecular weight excluding hydrogens is 222 g/mol. The Bertz CT molecular complexity index is 341. The van der Waals surface area contributed by atoms with E-state index in [-0.39, 0.29) is 5.41 Å². The number of benzene rings is 1. The number of rotatable bonds is 7. The second-order valence-corrected chi connectivity index (χ2v) is 5.83. The maximum atomic E-state index is 5.79. The van der Waals surface area contributed by atoms with Crippen molar-refractivity contribution in [1.82, 2.24) is 0 Å². The van der Waals surface area contributed by atoms with Crippen molar-refractivity contribution < 1.29 is 4.74 Å². The molecule has 1 aromatic rings. The van der Waals surface area contributed by atoms with Gasteiger partial charge in [-0.15, -0.1) is 0 Å². The maximum Gasteiger partial charge on any atom is 0.119 e. The van der Waals surface area contributed by atoms with E-state index in [2.05, 4.69) is 39.0 Å². The lowest BCUT2D eigenvalue weighted by Crippen LogP contribution is -2.11. The van der Waals surface area contributed by atoms with Gasteiger partial charge in [-0.25, -0.2) is 0 Å².